The zero-order valence-electron chi connectivity index (χ0n) is 10.0. The molecule has 84 valence electrons. The summed E-state index contributed by atoms with van der Waals surface area (Å²) in [6.45, 7) is 4.30. The molecule has 3 rings (SSSR count). The van der Waals surface area contributed by atoms with E-state index in [9.17, 15) is 5.11 Å². The number of fused-ring (bicyclic) bond motifs is 1. The number of rotatable bonds is 1. The van der Waals surface area contributed by atoms with E-state index in [-0.39, 0.29) is 0 Å². The summed E-state index contributed by atoms with van der Waals surface area (Å²) >= 11 is 0. The van der Waals surface area contributed by atoms with Gasteiger partial charge in [0.25, 0.3) is 0 Å². The van der Waals surface area contributed by atoms with Crippen molar-refractivity contribution in [2.75, 3.05) is 0 Å². The van der Waals surface area contributed by atoms with Crippen LogP contribution in [0.15, 0.2) is 18.2 Å². The summed E-state index contributed by atoms with van der Waals surface area (Å²) in [6.07, 6.45) is 1.81. The zero-order chi connectivity index (χ0) is 11.5. The van der Waals surface area contributed by atoms with Crippen molar-refractivity contribution in [3.05, 3.63) is 35.0 Å². The first-order valence-electron chi connectivity index (χ1n) is 5.81. The molecule has 0 atom stereocenters. The standard InChI is InChI=1S/C14H17NO/c1-9-10(2)15(3)13-8-11(4-5-12(9)13)14(16)6-7-14/h4-5,8,16H,6-7H2,1-3H3. The fraction of sp³-hybridized carbons (Fsp3) is 0.429. The van der Waals surface area contributed by atoms with Gasteiger partial charge in [-0.1, -0.05) is 12.1 Å². The molecule has 1 aliphatic rings. The van der Waals surface area contributed by atoms with Crippen LogP contribution in [-0.4, -0.2) is 9.67 Å². The molecule has 0 saturated heterocycles. The van der Waals surface area contributed by atoms with E-state index in [1.165, 1.54) is 22.2 Å². The molecule has 2 aromatic rings. The SMILES string of the molecule is Cc1c(C)n(C)c2cc(C3(O)CC3)ccc12. The first kappa shape index (κ1) is 9.91. The van der Waals surface area contributed by atoms with E-state index < -0.39 is 5.60 Å². The third-order valence-electron chi connectivity index (χ3n) is 4.07. The monoisotopic (exact) mass is 215 g/mol. The maximum atomic E-state index is 10.1. The molecule has 1 N–H and O–H groups in total. The van der Waals surface area contributed by atoms with Gasteiger partial charge >= 0.3 is 0 Å². The van der Waals surface area contributed by atoms with Crippen LogP contribution in [0.1, 0.15) is 29.7 Å². The van der Waals surface area contributed by atoms with Crippen molar-refractivity contribution in [1.82, 2.24) is 4.57 Å². The first-order chi connectivity index (χ1) is 7.53. The first-order valence-corrected chi connectivity index (χ1v) is 5.81. The van der Waals surface area contributed by atoms with Crippen LogP contribution in [0, 0.1) is 13.8 Å². The Balaban J connectivity index is 2.29. The smallest absolute Gasteiger partial charge is 0.0899 e. The van der Waals surface area contributed by atoms with Crippen molar-refractivity contribution in [3.63, 3.8) is 0 Å². The molecule has 1 aliphatic carbocycles. The molecule has 1 fully saturated rings. The maximum absolute atomic E-state index is 10.1. The molecule has 0 aliphatic heterocycles. The van der Waals surface area contributed by atoms with Gasteiger partial charge in [-0.25, -0.2) is 0 Å². The Bertz CT molecular complexity index is 576. The van der Waals surface area contributed by atoms with Crippen LogP contribution in [0.2, 0.25) is 0 Å². The van der Waals surface area contributed by atoms with Gasteiger partial charge < -0.3 is 9.67 Å². The second-order valence-corrected chi connectivity index (χ2v) is 5.03. The van der Waals surface area contributed by atoms with E-state index in [1.54, 1.807) is 0 Å². The zero-order valence-corrected chi connectivity index (χ0v) is 10.0. The van der Waals surface area contributed by atoms with E-state index in [0.29, 0.717) is 0 Å². The number of aliphatic hydroxyl groups is 1. The van der Waals surface area contributed by atoms with Crippen LogP contribution >= 0.6 is 0 Å². The maximum Gasteiger partial charge on any atom is 0.0899 e. The summed E-state index contributed by atoms with van der Waals surface area (Å²) in [6, 6.07) is 6.35. The lowest BCUT2D eigenvalue weighted by atomic mass is 10.0. The molecule has 2 heteroatoms. The highest BCUT2D eigenvalue weighted by Crippen LogP contribution is 2.46. The third-order valence-corrected chi connectivity index (χ3v) is 4.07. The van der Waals surface area contributed by atoms with Gasteiger partial charge in [0.15, 0.2) is 0 Å². The van der Waals surface area contributed by atoms with Gasteiger partial charge in [0.2, 0.25) is 0 Å². The molecule has 1 heterocycles. The van der Waals surface area contributed by atoms with E-state index >= 15 is 0 Å². The summed E-state index contributed by atoms with van der Waals surface area (Å²) in [4.78, 5) is 0. The average Bonchev–Trinajstić information content (AvgIpc) is 3.00. The number of aryl methyl sites for hydroxylation is 2. The van der Waals surface area contributed by atoms with E-state index in [2.05, 4.69) is 43.7 Å². The number of hydrogen-bond donors (Lipinski definition) is 1. The summed E-state index contributed by atoms with van der Waals surface area (Å²) in [5, 5.41) is 11.4. The number of hydrogen-bond acceptors (Lipinski definition) is 1. The van der Waals surface area contributed by atoms with Crippen LogP contribution in [0.5, 0.6) is 0 Å². The highest BCUT2D eigenvalue weighted by Gasteiger charge is 2.42. The Morgan fingerprint density at radius 1 is 1.25 bits per heavy atom. The van der Waals surface area contributed by atoms with Crippen molar-refractivity contribution in [2.24, 2.45) is 7.05 Å². The fourth-order valence-corrected chi connectivity index (χ4v) is 2.45. The van der Waals surface area contributed by atoms with Gasteiger partial charge in [0.1, 0.15) is 0 Å². The van der Waals surface area contributed by atoms with E-state index in [4.69, 9.17) is 0 Å². The number of nitrogens with zero attached hydrogens (tertiary/aromatic N) is 1. The molecule has 1 aromatic carbocycles. The van der Waals surface area contributed by atoms with Gasteiger partial charge in [0.05, 0.1) is 5.60 Å². The summed E-state index contributed by atoms with van der Waals surface area (Å²) in [5.74, 6) is 0. The average molecular weight is 215 g/mol. The van der Waals surface area contributed by atoms with Crippen molar-refractivity contribution in [1.29, 1.82) is 0 Å². The van der Waals surface area contributed by atoms with Crippen molar-refractivity contribution >= 4 is 10.9 Å². The number of benzene rings is 1. The lowest BCUT2D eigenvalue weighted by Crippen LogP contribution is -2.03. The fourth-order valence-electron chi connectivity index (χ4n) is 2.45. The minimum absolute atomic E-state index is 0.528. The Morgan fingerprint density at radius 2 is 1.94 bits per heavy atom. The minimum atomic E-state index is -0.528. The number of aromatic nitrogens is 1. The Kier molecular flexibility index (Phi) is 1.79. The van der Waals surface area contributed by atoms with Gasteiger partial charge in [-0.3, -0.25) is 0 Å². The van der Waals surface area contributed by atoms with Crippen molar-refractivity contribution < 1.29 is 5.11 Å². The Hall–Kier alpha value is -1.28. The third kappa shape index (κ3) is 1.17. The molecular formula is C14H17NO. The highest BCUT2D eigenvalue weighted by molar-refractivity contribution is 5.86. The molecule has 0 bridgehead atoms. The second-order valence-electron chi connectivity index (χ2n) is 5.03. The molecule has 1 aromatic heterocycles. The molecule has 16 heavy (non-hydrogen) atoms. The molecule has 0 radical (unpaired) electrons. The topological polar surface area (TPSA) is 25.2 Å². The largest absolute Gasteiger partial charge is 0.385 e. The predicted octanol–water partition coefficient (Wildman–Crippen LogP) is 2.78. The van der Waals surface area contributed by atoms with Crippen LogP contribution < -0.4 is 0 Å². The molecular weight excluding hydrogens is 198 g/mol. The van der Waals surface area contributed by atoms with Gasteiger partial charge in [-0.05, 0) is 43.9 Å². The second kappa shape index (κ2) is 2.89. The predicted molar refractivity (Wildman–Crippen MR) is 65.5 cm³/mol. The molecule has 0 spiro atoms. The van der Waals surface area contributed by atoms with E-state index in [0.717, 1.165) is 18.4 Å². The van der Waals surface area contributed by atoms with Crippen LogP contribution in [0.4, 0.5) is 0 Å². The lowest BCUT2D eigenvalue weighted by molar-refractivity contribution is 0.151. The van der Waals surface area contributed by atoms with E-state index in [1.807, 2.05) is 0 Å². The minimum Gasteiger partial charge on any atom is -0.385 e. The molecule has 2 nitrogen and oxygen atoms in total. The quantitative estimate of drug-likeness (QED) is 0.777. The van der Waals surface area contributed by atoms with Gasteiger partial charge in [-0.2, -0.15) is 0 Å². The normalized spacial score (nSPS) is 18.0. The van der Waals surface area contributed by atoms with Crippen LogP contribution in [-0.2, 0) is 12.6 Å². The Labute approximate surface area is 95.5 Å². The van der Waals surface area contributed by atoms with Crippen LogP contribution in [0.3, 0.4) is 0 Å². The van der Waals surface area contributed by atoms with Crippen molar-refractivity contribution in [2.45, 2.75) is 32.3 Å². The summed E-state index contributed by atoms with van der Waals surface area (Å²) < 4.78 is 2.21. The van der Waals surface area contributed by atoms with Crippen LogP contribution in [0.25, 0.3) is 10.9 Å². The lowest BCUT2D eigenvalue weighted by Gasteiger charge is -2.08. The van der Waals surface area contributed by atoms with Gasteiger partial charge in [-0.15, -0.1) is 0 Å². The molecule has 1 saturated carbocycles. The van der Waals surface area contributed by atoms with Gasteiger partial charge in [0, 0.05) is 23.6 Å². The highest BCUT2D eigenvalue weighted by atomic mass is 16.3. The van der Waals surface area contributed by atoms with Crippen molar-refractivity contribution in [3.8, 4) is 0 Å². The molecule has 0 unspecified atom stereocenters. The molecule has 0 amide bonds. The summed E-state index contributed by atoms with van der Waals surface area (Å²) in [5.41, 5.74) is 4.41. The summed E-state index contributed by atoms with van der Waals surface area (Å²) in [7, 11) is 2.09. The Morgan fingerprint density at radius 3 is 2.56 bits per heavy atom.